The summed E-state index contributed by atoms with van der Waals surface area (Å²) in [6.07, 6.45) is 0. The second-order valence-electron chi connectivity index (χ2n) is 6.42. The summed E-state index contributed by atoms with van der Waals surface area (Å²) in [6, 6.07) is 31.6. The SMILES string of the molecule is CC(=O)Oc1ccc(-c2cc(-c3ccccc3)[o+]c(-c3ccccc3)c2)cc1. The Kier molecular flexibility index (Phi) is 4.98. The maximum Gasteiger partial charge on any atom is 0.361 e. The summed E-state index contributed by atoms with van der Waals surface area (Å²) in [7, 11) is 0. The van der Waals surface area contributed by atoms with Gasteiger partial charge in [-0.15, -0.1) is 0 Å². The van der Waals surface area contributed by atoms with Crippen LogP contribution in [0.2, 0.25) is 0 Å². The molecule has 0 fully saturated rings. The molecule has 0 aliphatic rings. The molecule has 3 aromatic carbocycles. The molecule has 0 amide bonds. The largest absolute Gasteiger partial charge is 0.427 e. The summed E-state index contributed by atoms with van der Waals surface area (Å²) in [5, 5.41) is 0. The number of rotatable bonds is 4. The summed E-state index contributed by atoms with van der Waals surface area (Å²) in [6.45, 7) is 1.39. The molecule has 0 saturated heterocycles. The lowest BCUT2D eigenvalue weighted by Gasteiger charge is -2.04. The van der Waals surface area contributed by atoms with Gasteiger partial charge in [0.1, 0.15) is 5.75 Å². The molecule has 0 spiro atoms. The zero-order valence-corrected chi connectivity index (χ0v) is 15.5. The standard InChI is InChI=1S/C25H19O3/c1-18(26)27-23-14-12-19(13-15-23)22-16-24(20-8-4-2-5-9-20)28-25(17-22)21-10-6-3-7-11-21/h2-17H,1H3/q+1. The molecule has 0 aliphatic carbocycles. The summed E-state index contributed by atoms with van der Waals surface area (Å²) in [4.78, 5) is 11.1. The van der Waals surface area contributed by atoms with E-state index in [9.17, 15) is 4.79 Å². The molecule has 0 radical (unpaired) electrons. The molecule has 4 aromatic rings. The first-order valence-electron chi connectivity index (χ1n) is 9.07. The number of carbonyl (C=O) groups excluding carboxylic acids is 1. The zero-order valence-electron chi connectivity index (χ0n) is 15.5. The molecular formula is C25H19O3+. The van der Waals surface area contributed by atoms with Crippen molar-refractivity contribution in [1.29, 1.82) is 0 Å². The number of hydrogen-bond acceptors (Lipinski definition) is 2. The van der Waals surface area contributed by atoms with Crippen LogP contribution in [0.5, 0.6) is 5.75 Å². The van der Waals surface area contributed by atoms with Crippen molar-refractivity contribution in [1.82, 2.24) is 0 Å². The monoisotopic (exact) mass is 367 g/mol. The van der Waals surface area contributed by atoms with Gasteiger partial charge in [-0.2, -0.15) is 0 Å². The van der Waals surface area contributed by atoms with Crippen molar-refractivity contribution in [3.63, 3.8) is 0 Å². The Hall–Kier alpha value is -3.72. The van der Waals surface area contributed by atoms with Gasteiger partial charge in [-0.05, 0) is 42.0 Å². The average Bonchev–Trinajstić information content (AvgIpc) is 2.75. The minimum Gasteiger partial charge on any atom is -0.427 e. The van der Waals surface area contributed by atoms with Gasteiger partial charge in [0.25, 0.3) is 0 Å². The van der Waals surface area contributed by atoms with Gasteiger partial charge >= 0.3 is 17.5 Å². The first kappa shape index (κ1) is 17.7. The fourth-order valence-electron chi connectivity index (χ4n) is 3.04. The smallest absolute Gasteiger partial charge is 0.361 e. The van der Waals surface area contributed by atoms with Gasteiger partial charge in [-0.25, -0.2) is 4.42 Å². The highest BCUT2D eigenvalue weighted by atomic mass is 16.5. The van der Waals surface area contributed by atoms with Gasteiger partial charge in [0.2, 0.25) is 0 Å². The fraction of sp³-hybridized carbons (Fsp3) is 0.0400. The molecule has 1 aromatic heterocycles. The average molecular weight is 367 g/mol. The van der Waals surface area contributed by atoms with Gasteiger partial charge in [0.05, 0.1) is 23.3 Å². The third-order valence-corrected chi connectivity index (χ3v) is 4.36. The number of benzene rings is 3. The molecule has 28 heavy (non-hydrogen) atoms. The van der Waals surface area contributed by atoms with E-state index in [2.05, 4.69) is 0 Å². The highest BCUT2D eigenvalue weighted by molar-refractivity contribution is 5.75. The highest BCUT2D eigenvalue weighted by Gasteiger charge is 2.20. The second kappa shape index (κ2) is 7.89. The normalized spacial score (nSPS) is 10.5. The van der Waals surface area contributed by atoms with Crippen molar-refractivity contribution in [3.8, 4) is 39.5 Å². The van der Waals surface area contributed by atoms with Crippen molar-refractivity contribution < 1.29 is 13.9 Å². The Balaban J connectivity index is 1.81. The van der Waals surface area contributed by atoms with Crippen LogP contribution in [0.3, 0.4) is 0 Å². The predicted octanol–water partition coefficient (Wildman–Crippen LogP) is 6.49. The lowest BCUT2D eigenvalue weighted by atomic mass is 10.0. The topological polar surface area (TPSA) is 37.6 Å². The van der Waals surface area contributed by atoms with Crippen molar-refractivity contribution in [2.75, 3.05) is 0 Å². The number of ether oxygens (including phenoxy) is 1. The van der Waals surface area contributed by atoms with E-state index in [4.69, 9.17) is 9.15 Å². The maximum atomic E-state index is 11.1. The quantitative estimate of drug-likeness (QED) is 0.235. The minimum absolute atomic E-state index is 0.330. The van der Waals surface area contributed by atoms with Crippen molar-refractivity contribution in [3.05, 3.63) is 97.1 Å². The van der Waals surface area contributed by atoms with Crippen LogP contribution in [0, 0.1) is 0 Å². The molecule has 4 rings (SSSR count). The molecule has 0 N–H and O–H groups in total. The van der Waals surface area contributed by atoms with E-state index >= 15 is 0 Å². The molecule has 1 heterocycles. The lowest BCUT2D eigenvalue weighted by molar-refractivity contribution is -0.131. The highest BCUT2D eigenvalue weighted by Crippen LogP contribution is 2.33. The fourth-order valence-corrected chi connectivity index (χ4v) is 3.04. The Morgan fingerprint density at radius 3 is 1.61 bits per heavy atom. The third kappa shape index (κ3) is 3.99. The Bertz CT molecular complexity index is 1030. The third-order valence-electron chi connectivity index (χ3n) is 4.36. The van der Waals surface area contributed by atoms with Crippen LogP contribution in [-0.2, 0) is 4.79 Å². The summed E-state index contributed by atoms with van der Waals surface area (Å²) >= 11 is 0. The van der Waals surface area contributed by atoms with Crippen LogP contribution < -0.4 is 4.74 Å². The molecule has 136 valence electrons. The minimum atomic E-state index is -0.330. The zero-order chi connectivity index (χ0) is 19.3. The van der Waals surface area contributed by atoms with Crippen LogP contribution in [0.25, 0.3) is 33.8 Å². The predicted molar refractivity (Wildman–Crippen MR) is 111 cm³/mol. The van der Waals surface area contributed by atoms with Crippen molar-refractivity contribution in [2.24, 2.45) is 0 Å². The molecule has 0 saturated carbocycles. The number of carbonyl (C=O) groups is 1. The van der Waals surface area contributed by atoms with E-state index in [0.717, 1.165) is 33.8 Å². The van der Waals surface area contributed by atoms with Crippen LogP contribution in [0.15, 0.2) is 101 Å². The first-order chi connectivity index (χ1) is 13.7. The van der Waals surface area contributed by atoms with E-state index < -0.39 is 0 Å². The van der Waals surface area contributed by atoms with Gasteiger partial charge in [-0.1, -0.05) is 48.5 Å². The molecule has 0 bridgehead atoms. The van der Waals surface area contributed by atoms with Crippen LogP contribution in [0.4, 0.5) is 0 Å². The van der Waals surface area contributed by atoms with E-state index in [1.165, 1.54) is 6.92 Å². The van der Waals surface area contributed by atoms with E-state index in [0.29, 0.717) is 5.75 Å². The Morgan fingerprint density at radius 1 is 0.643 bits per heavy atom. The first-order valence-corrected chi connectivity index (χ1v) is 9.07. The Labute approximate surface area is 163 Å². The lowest BCUT2D eigenvalue weighted by Crippen LogP contribution is -2.00. The summed E-state index contributed by atoms with van der Waals surface area (Å²) in [5.74, 6) is 1.79. The van der Waals surface area contributed by atoms with E-state index in [1.807, 2.05) is 84.9 Å². The van der Waals surface area contributed by atoms with Crippen LogP contribution in [-0.4, -0.2) is 5.97 Å². The number of esters is 1. The molecule has 0 aliphatic heterocycles. The molecular weight excluding hydrogens is 348 g/mol. The van der Waals surface area contributed by atoms with Crippen molar-refractivity contribution in [2.45, 2.75) is 6.92 Å². The van der Waals surface area contributed by atoms with Gasteiger partial charge in [-0.3, -0.25) is 4.79 Å². The molecule has 3 nitrogen and oxygen atoms in total. The van der Waals surface area contributed by atoms with Crippen molar-refractivity contribution >= 4 is 5.97 Å². The van der Waals surface area contributed by atoms with E-state index in [1.54, 1.807) is 12.1 Å². The van der Waals surface area contributed by atoms with Gasteiger partial charge in [0.15, 0.2) is 0 Å². The maximum absolute atomic E-state index is 11.1. The molecule has 0 unspecified atom stereocenters. The van der Waals surface area contributed by atoms with E-state index in [-0.39, 0.29) is 5.97 Å². The van der Waals surface area contributed by atoms with Gasteiger partial charge in [0, 0.05) is 12.5 Å². The van der Waals surface area contributed by atoms with Gasteiger partial charge < -0.3 is 4.74 Å². The van der Waals surface area contributed by atoms with Crippen LogP contribution >= 0.6 is 0 Å². The number of hydrogen-bond donors (Lipinski definition) is 0. The molecule has 0 atom stereocenters. The molecule has 3 heteroatoms. The summed E-state index contributed by atoms with van der Waals surface area (Å²) < 4.78 is 11.4. The summed E-state index contributed by atoms with van der Waals surface area (Å²) in [5.41, 5.74) is 4.07. The second-order valence-corrected chi connectivity index (χ2v) is 6.42. The van der Waals surface area contributed by atoms with Crippen LogP contribution in [0.1, 0.15) is 6.92 Å². The Morgan fingerprint density at radius 2 is 1.14 bits per heavy atom.